The second-order valence-electron chi connectivity index (χ2n) is 4.98. The van der Waals surface area contributed by atoms with Gasteiger partial charge in [-0.05, 0) is 23.2 Å². The molecule has 0 radical (unpaired) electrons. The Hall–Kier alpha value is 0. The van der Waals surface area contributed by atoms with Gasteiger partial charge in [0.15, 0.2) is 0 Å². The van der Waals surface area contributed by atoms with Gasteiger partial charge in [-0.3, -0.25) is 0 Å². The lowest BCUT2D eigenvalue weighted by molar-refractivity contribution is 0.212. The smallest absolute Gasteiger partial charge is 0.0246 e. The maximum Gasteiger partial charge on any atom is -0.0246 e. The first kappa shape index (κ1) is 8.10. The van der Waals surface area contributed by atoms with Gasteiger partial charge in [0.25, 0.3) is 0 Å². The van der Waals surface area contributed by atoms with Crippen molar-refractivity contribution in [2.45, 2.75) is 47.5 Å². The third-order valence-corrected chi connectivity index (χ3v) is 3.62. The zero-order valence-corrected chi connectivity index (χ0v) is 7.99. The van der Waals surface area contributed by atoms with Gasteiger partial charge in [-0.25, -0.2) is 0 Å². The molecule has 0 bridgehead atoms. The van der Waals surface area contributed by atoms with E-state index in [4.69, 9.17) is 0 Å². The standard InChI is InChI=1S/C10H20/c1-6-8-7-10(8,5)9(2,3)4/h8H,6-7H2,1-5H3/t8-,10-/m1/s1. The zero-order valence-electron chi connectivity index (χ0n) is 7.99. The summed E-state index contributed by atoms with van der Waals surface area (Å²) in [6.07, 6.45) is 2.82. The van der Waals surface area contributed by atoms with Gasteiger partial charge in [0.05, 0.1) is 0 Å². The van der Waals surface area contributed by atoms with Crippen LogP contribution in [0, 0.1) is 16.7 Å². The molecule has 1 aliphatic rings. The summed E-state index contributed by atoms with van der Waals surface area (Å²) in [6, 6.07) is 0. The molecule has 0 spiro atoms. The molecule has 0 aliphatic heterocycles. The predicted octanol–water partition coefficient (Wildman–Crippen LogP) is 3.47. The molecular weight excluding hydrogens is 120 g/mol. The second kappa shape index (κ2) is 1.99. The summed E-state index contributed by atoms with van der Waals surface area (Å²) >= 11 is 0. The lowest BCUT2D eigenvalue weighted by Crippen LogP contribution is -2.20. The maximum atomic E-state index is 2.43. The van der Waals surface area contributed by atoms with E-state index < -0.39 is 0 Å². The van der Waals surface area contributed by atoms with Crippen molar-refractivity contribution in [1.82, 2.24) is 0 Å². The minimum absolute atomic E-state index is 0.522. The van der Waals surface area contributed by atoms with Crippen molar-refractivity contribution in [3.8, 4) is 0 Å². The van der Waals surface area contributed by atoms with Gasteiger partial charge in [-0.2, -0.15) is 0 Å². The Morgan fingerprint density at radius 3 is 2.00 bits per heavy atom. The molecule has 10 heavy (non-hydrogen) atoms. The molecule has 0 aromatic heterocycles. The van der Waals surface area contributed by atoms with E-state index in [2.05, 4.69) is 34.6 Å². The molecule has 0 amide bonds. The van der Waals surface area contributed by atoms with E-state index in [0.717, 1.165) is 5.92 Å². The van der Waals surface area contributed by atoms with E-state index in [1.54, 1.807) is 0 Å². The average molecular weight is 140 g/mol. The van der Waals surface area contributed by atoms with Gasteiger partial charge in [0, 0.05) is 0 Å². The van der Waals surface area contributed by atoms with Gasteiger partial charge in [0.2, 0.25) is 0 Å². The van der Waals surface area contributed by atoms with Crippen LogP contribution in [0.25, 0.3) is 0 Å². The van der Waals surface area contributed by atoms with Crippen molar-refractivity contribution in [3.05, 3.63) is 0 Å². The van der Waals surface area contributed by atoms with Crippen molar-refractivity contribution in [2.75, 3.05) is 0 Å². The van der Waals surface area contributed by atoms with Gasteiger partial charge in [-0.1, -0.05) is 41.0 Å². The Morgan fingerprint density at radius 1 is 1.40 bits per heavy atom. The molecule has 0 saturated heterocycles. The summed E-state index contributed by atoms with van der Waals surface area (Å²) in [4.78, 5) is 0. The van der Waals surface area contributed by atoms with E-state index in [0.29, 0.717) is 10.8 Å². The van der Waals surface area contributed by atoms with Crippen LogP contribution in [0.3, 0.4) is 0 Å². The third-order valence-electron chi connectivity index (χ3n) is 3.62. The van der Waals surface area contributed by atoms with Crippen LogP contribution in [0.1, 0.15) is 47.5 Å². The van der Waals surface area contributed by atoms with Gasteiger partial charge < -0.3 is 0 Å². The van der Waals surface area contributed by atoms with Gasteiger partial charge in [0.1, 0.15) is 0 Å². The van der Waals surface area contributed by atoms with Crippen molar-refractivity contribution >= 4 is 0 Å². The molecule has 2 atom stereocenters. The van der Waals surface area contributed by atoms with E-state index in [9.17, 15) is 0 Å². The van der Waals surface area contributed by atoms with Crippen LogP contribution >= 0.6 is 0 Å². The molecule has 60 valence electrons. The topological polar surface area (TPSA) is 0 Å². The molecule has 0 unspecified atom stereocenters. The molecule has 0 N–H and O–H groups in total. The molecule has 0 heteroatoms. The molecule has 1 saturated carbocycles. The number of hydrogen-bond acceptors (Lipinski definition) is 0. The van der Waals surface area contributed by atoms with Crippen LogP contribution in [-0.4, -0.2) is 0 Å². The quantitative estimate of drug-likeness (QED) is 0.523. The zero-order chi connectivity index (χ0) is 7.99. The fraction of sp³-hybridized carbons (Fsp3) is 1.00. The van der Waals surface area contributed by atoms with E-state index in [1.807, 2.05) is 0 Å². The van der Waals surface area contributed by atoms with Crippen LogP contribution in [0.2, 0.25) is 0 Å². The highest BCUT2D eigenvalue weighted by atomic mass is 14.6. The Bertz CT molecular complexity index is 129. The van der Waals surface area contributed by atoms with Crippen molar-refractivity contribution < 1.29 is 0 Å². The first-order valence-corrected chi connectivity index (χ1v) is 4.42. The highest BCUT2D eigenvalue weighted by Crippen LogP contribution is 2.63. The van der Waals surface area contributed by atoms with E-state index in [1.165, 1.54) is 12.8 Å². The first-order valence-electron chi connectivity index (χ1n) is 4.42. The minimum atomic E-state index is 0.522. The van der Waals surface area contributed by atoms with Crippen LogP contribution in [-0.2, 0) is 0 Å². The molecule has 0 aromatic rings. The normalized spacial score (nSPS) is 39.9. The third kappa shape index (κ3) is 0.980. The summed E-state index contributed by atoms with van der Waals surface area (Å²) in [5, 5.41) is 0. The van der Waals surface area contributed by atoms with Gasteiger partial charge >= 0.3 is 0 Å². The first-order chi connectivity index (χ1) is 4.42. The van der Waals surface area contributed by atoms with Crippen LogP contribution in [0.4, 0.5) is 0 Å². The summed E-state index contributed by atoms with van der Waals surface area (Å²) in [6.45, 7) is 11.8. The number of rotatable bonds is 1. The largest absolute Gasteiger partial charge is 0.0651 e. The summed E-state index contributed by atoms with van der Waals surface area (Å²) in [7, 11) is 0. The maximum absolute atomic E-state index is 2.43. The van der Waals surface area contributed by atoms with Crippen molar-refractivity contribution in [3.63, 3.8) is 0 Å². The van der Waals surface area contributed by atoms with Crippen LogP contribution in [0.15, 0.2) is 0 Å². The molecule has 0 heterocycles. The monoisotopic (exact) mass is 140 g/mol. The Balaban J connectivity index is 2.59. The summed E-state index contributed by atoms with van der Waals surface area (Å²) < 4.78 is 0. The van der Waals surface area contributed by atoms with E-state index >= 15 is 0 Å². The van der Waals surface area contributed by atoms with Crippen LogP contribution < -0.4 is 0 Å². The molecule has 1 fully saturated rings. The Kier molecular flexibility index (Phi) is 1.61. The fourth-order valence-electron chi connectivity index (χ4n) is 1.97. The number of hydrogen-bond donors (Lipinski definition) is 0. The highest BCUT2D eigenvalue weighted by molar-refractivity contribution is 5.04. The van der Waals surface area contributed by atoms with Crippen molar-refractivity contribution in [1.29, 1.82) is 0 Å². The Labute approximate surface area is 65.0 Å². The SMILES string of the molecule is CC[C@@H]1C[C@@]1(C)C(C)(C)C. The average Bonchev–Trinajstić information content (AvgIpc) is 2.41. The molecule has 0 nitrogen and oxygen atoms in total. The van der Waals surface area contributed by atoms with Gasteiger partial charge in [-0.15, -0.1) is 0 Å². The van der Waals surface area contributed by atoms with E-state index in [-0.39, 0.29) is 0 Å². The predicted molar refractivity (Wildman–Crippen MR) is 46.0 cm³/mol. The molecule has 0 aromatic carbocycles. The molecule has 1 aliphatic carbocycles. The fourth-order valence-corrected chi connectivity index (χ4v) is 1.97. The second-order valence-corrected chi connectivity index (χ2v) is 4.98. The Morgan fingerprint density at radius 2 is 1.90 bits per heavy atom. The molecule has 1 rings (SSSR count). The molecular formula is C10H20. The summed E-state index contributed by atoms with van der Waals surface area (Å²) in [5.41, 5.74) is 1.18. The lowest BCUT2D eigenvalue weighted by atomic mass is 9.77. The summed E-state index contributed by atoms with van der Waals surface area (Å²) in [5.74, 6) is 1.01. The van der Waals surface area contributed by atoms with Crippen molar-refractivity contribution in [2.24, 2.45) is 16.7 Å². The minimum Gasteiger partial charge on any atom is -0.0651 e. The van der Waals surface area contributed by atoms with Crippen LogP contribution in [0.5, 0.6) is 0 Å². The lowest BCUT2D eigenvalue weighted by Gasteiger charge is -2.28. The highest BCUT2D eigenvalue weighted by Gasteiger charge is 2.55.